The lowest BCUT2D eigenvalue weighted by Crippen LogP contribution is -2.16. The molecule has 1 aromatic heterocycles. The molecule has 4 aromatic rings. The van der Waals surface area contributed by atoms with Gasteiger partial charge in [0.25, 0.3) is 0 Å². The summed E-state index contributed by atoms with van der Waals surface area (Å²) in [7, 11) is 0. The number of amidine groups is 1. The van der Waals surface area contributed by atoms with Gasteiger partial charge < -0.3 is 25.7 Å². The first kappa shape index (κ1) is 21.6. The Morgan fingerprint density at radius 1 is 0.882 bits per heavy atom. The largest absolute Gasteiger partial charge is 0.457 e. The van der Waals surface area contributed by atoms with Crippen LogP contribution in [-0.4, -0.2) is 24.0 Å². The van der Waals surface area contributed by atoms with E-state index in [0.717, 1.165) is 22.4 Å². The summed E-state index contributed by atoms with van der Waals surface area (Å²) in [6.45, 7) is 1.13. The predicted octanol–water partition coefficient (Wildman–Crippen LogP) is 5.12. The number of anilines is 1. The molecule has 0 aliphatic carbocycles. The number of nitrogens with zero attached hydrogens (tertiary/aromatic N) is 1. The van der Waals surface area contributed by atoms with Gasteiger partial charge in [-0.15, -0.1) is 0 Å². The van der Waals surface area contributed by atoms with Gasteiger partial charge in [-0.2, -0.15) is 0 Å². The van der Waals surface area contributed by atoms with Crippen LogP contribution in [0, 0.1) is 5.41 Å². The van der Waals surface area contributed by atoms with Gasteiger partial charge in [-0.1, -0.05) is 36.4 Å². The molecule has 0 unspecified atom stereocenters. The highest BCUT2D eigenvalue weighted by molar-refractivity contribution is 6.07. The Kier molecular flexibility index (Phi) is 5.95. The van der Waals surface area contributed by atoms with Crippen LogP contribution >= 0.6 is 0 Å². The summed E-state index contributed by atoms with van der Waals surface area (Å²) in [4.78, 5) is 4.64. The van der Waals surface area contributed by atoms with Crippen LogP contribution in [0.15, 0.2) is 85.1 Å². The number of ether oxygens (including phenoxy) is 3. The fraction of sp³-hybridized carbons (Fsp3) is 0.111. The number of nitrogens with one attached hydrogen (secondary N) is 1. The van der Waals surface area contributed by atoms with Crippen molar-refractivity contribution in [2.75, 3.05) is 18.9 Å². The van der Waals surface area contributed by atoms with Crippen LogP contribution < -0.4 is 16.2 Å². The van der Waals surface area contributed by atoms with Crippen molar-refractivity contribution >= 4 is 11.5 Å². The highest BCUT2D eigenvalue weighted by Gasteiger charge is 2.21. The van der Waals surface area contributed by atoms with Crippen LogP contribution in [0.4, 0.5) is 5.69 Å². The average molecular weight is 453 g/mol. The van der Waals surface area contributed by atoms with Gasteiger partial charge in [0.1, 0.15) is 17.3 Å². The van der Waals surface area contributed by atoms with E-state index < -0.39 is 6.29 Å². The second kappa shape index (κ2) is 9.35. The van der Waals surface area contributed by atoms with E-state index in [1.54, 1.807) is 6.20 Å². The zero-order chi connectivity index (χ0) is 23.5. The fourth-order valence-electron chi connectivity index (χ4n) is 3.96. The van der Waals surface area contributed by atoms with Gasteiger partial charge in [0, 0.05) is 22.9 Å². The number of benzene rings is 3. The topological polar surface area (TPSA) is 116 Å². The molecule has 170 valence electrons. The Labute approximate surface area is 197 Å². The van der Waals surface area contributed by atoms with Crippen LogP contribution in [0.2, 0.25) is 0 Å². The second-order valence-electron chi connectivity index (χ2n) is 7.86. The van der Waals surface area contributed by atoms with Gasteiger partial charge in [0.2, 0.25) is 0 Å². The molecule has 34 heavy (non-hydrogen) atoms. The minimum Gasteiger partial charge on any atom is -0.457 e. The lowest BCUT2D eigenvalue weighted by Gasteiger charge is -2.16. The maximum Gasteiger partial charge on any atom is 0.184 e. The third kappa shape index (κ3) is 4.34. The molecule has 0 bridgehead atoms. The smallest absolute Gasteiger partial charge is 0.184 e. The maximum atomic E-state index is 8.19. The molecule has 5 rings (SSSR count). The summed E-state index contributed by atoms with van der Waals surface area (Å²) in [5, 5.41) is 8.19. The fourth-order valence-corrected chi connectivity index (χ4v) is 3.96. The SMILES string of the molecule is N=C(N)c1c(-c2ccc(Oc3ccccc3)cc2)ncc(-c2cccc(C3OCCO3)c2)c1N. The van der Waals surface area contributed by atoms with Crippen molar-refractivity contribution in [2.45, 2.75) is 6.29 Å². The Bertz CT molecular complexity index is 1320. The first-order valence-electron chi connectivity index (χ1n) is 10.9. The lowest BCUT2D eigenvalue weighted by molar-refractivity contribution is -0.0440. The highest BCUT2D eigenvalue weighted by atomic mass is 16.7. The van der Waals surface area contributed by atoms with Crippen LogP contribution in [-0.2, 0) is 9.47 Å². The van der Waals surface area contributed by atoms with Crippen molar-refractivity contribution < 1.29 is 14.2 Å². The molecule has 0 radical (unpaired) electrons. The third-order valence-electron chi connectivity index (χ3n) is 5.59. The quantitative estimate of drug-likeness (QED) is 0.276. The summed E-state index contributed by atoms with van der Waals surface area (Å²) < 4.78 is 17.1. The number of pyridine rings is 1. The molecule has 7 nitrogen and oxygen atoms in total. The van der Waals surface area contributed by atoms with Crippen molar-refractivity contribution in [3.63, 3.8) is 0 Å². The van der Waals surface area contributed by atoms with Gasteiger partial charge >= 0.3 is 0 Å². The molecule has 0 spiro atoms. The predicted molar refractivity (Wildman–Crippen MR) is 132 cm³/mol. The molecule has 1 aliphatic heterocycles. The van der Waals surface area contributed by atoms with Crippen molar-refractivity contribution in [2.24, 2.45) is 5.73 Å². The van der Waals surface area contributed by atoms with Gasteiger partial charge in [0.05, 0.1) is 30.2 Å². The van der Waals surface area contributed by atoms with E-state index in [9.17, 15) is 0 Å². The van der Waals surface area contributed by atoms with Gasteiger partial charge in [-0.3, -0.25) is 10.4 Å². The van der Waals surface area contributed by atoms with Crippen molar-refractivity contribution in [1.29, 1.82) is 5.41 Å². The standard InChI is InChI=1S/C27H24N4O3/c28-24-22(18-5-4-6-19(15-18)27-32-13-14-33-27)16-31-25(23(24)26(29)30)17-9-11-21(12-10-17)34-20-7-2-1-3-8-20/h1-12,15-16,27H,13-14H2,(H2,28,31)(H3,29,30). The molecule has 3 aromatic carbocycles. The molecular formula is C27H24N4O3. The molecule has 0 atom stereocenters. The number of nitrogen functional groups attached to an aromatic ring is 2. The number of hydrogen-bond donors (Lipinski definition) is 3. The first-order valence-corrected chi connectivity index (χ1v) is 10.9. The zero-order valence-electron chi connectivity index (χ0n) is 18.4. The van der Waals surface area contributed by atoms with Crippen molar-refractivity contribution in [3.05, 3.63) is 96.2 Å². The Balaban J connectivity index is 1.48. The highest BCUT2D eigenvalue weighted by Crippen LogP contribution is 2.36. The van der Waals surface area contributed by atoms with Crippen LogP contribution in [0.25, 0.3) is 22.4 Å². The van der Waals surface area contributed by atoms with E-state index in [1.807, 2.05) is 78.9 Å². The average Bonchev–Trinajstić information content (AvgIpc) is 3.40. The van der Waals surface area contributed by atoms with Crippen LogP contribution in [0.5, 0.6) is 11.5 Å². The number of nitrogens with two attached hydrogens (primary N) is 2. The molecule has 0 amide bonds. The Morgan fingerprint density at radius 2 is 1.59 bits per heavy atom. The van der Waals surface area contributed by atoms with E-state index in [0.29, 0.717) is 41.5 Å². The second-order valence-corrected chi connectivity index (χ2v) is 7.86. The van der Waals surface area contributed by atoms with E-state index in [4.69, 9.17) is 31.1 Å². The minimum atomic E-state index is -0.391. The Hall–Kier alpha value is -4.20. The molecule has 1 saturated heterocycles. The minimum absolute atomic E-state index is 0.148. The molecule has 7 heteroatoms. The van der Waals surface area contributed by atoms with Crippen LogP contribution in [0.3, 0.4) is 0 Å². The van der Waals surface area contributed by atoms with E-state index in [-0.39, 0.29) is 5.84 Å². The first-order chi connectivity index (χ1) is 16.6. The van der Waals surface area contributed by atoms with Gasteiger partial charge in [-0.05, 0) is 48.0 Å². The molecule has 1 fully saturated rings. The number of para-hydroxylation sites is 1. The summed E-state index contributed by atoms with van der Waals surface area (Å²) >= 11 is 0. The number of hydrogen-bond acceptors (Lipinski definition) is 6. The summed E-state index contributed by atoms with van der Waals surface area (Å²) in [6, 6.07) is 24.8. The van der Waals surface area contributed by atoms with E-state index in [2.05, 4.69) is 4.98 Å². The summed E-state index contributed by atoms with van der Waals surface area (Å²) in [6.07, 6.45) is 1.32. The molecule has 0 saturated carbocycles. The number of rotatable bonds is 6. The van der Waals surface area contributed by atoms with Gasteiger partial charge in [-0.25, -0.2) is 0 Å². The normalized spacial score (nSPS) is 13.6. The van der Waals surface area contributed by atoms with Crippen molar-refractivity contribution in [3.8, 4) is 33.9 Å². The lowest BCUT2D eigenvalue weighted by atomic mass is 9.96. The molecule has 1 aliphatic rings. The molecular weight excluding hydrogens is 428 g/mol. The van der Waals surface area contributed by atoms with E-state index >= 15 is 0 Å². The third-order valence-corrected chi connectivity index (χ3v) is 5.59. The number of aromatic nitrogens is 1. The van der Waals surface area contributed by atoms with Crippen LogP contribution in [0.1, 0.15) is 17.4 Å². The van der Waals surface area contributed by atoms with Gasteiger partial charge in [0.15, 0.2) is 6.29 Å². The zero-order valence-corrected chi connectivity index (χ0v) is 18.4. The van der Waals surface area contributed by atoms with E-state index in [1.165, 1.54) is 0 Å². The van der Waals surface area contributed by atoms with Crippen molar-refractivity contribution in [1.82, 2.24) is 4.98 Å². The summed E-state index contributed by atoms with van der Waals surface area (Å²) in [5.41, 5.74) is 17.1. The summed E-state index contributed by atoms with van der Waals surface area (Å²) in [5.74, 6) is 1.30. The Morgan fingerprint density at radius 3 is 2.29 bits per heavy atom. The maximum absolute atomic E-state index is 8.19. The molecule has 5 N–H and O–H groups in total. The molecule has 2 heterocycles. The monoisotopic (exact) mass is 452 g/mol.